The summed E-state index contributed by atoms with van der Waals surface area (Å²) < 4.78 is 6.39. The van der Waals surface area contributed by atoms with Crippen molar-refractivity contribution in [1.29, 1.82) is 0 Å². The Morgan fingerprint density at radius 3 is 2.60 bits per heavy atom. The van der Waals surface area contributed by atoms with Gasteiger partial charge in [-0.05, 0) is 49.7 Å². The molecule has 128 valence electrons. The fourth-order valence-corrected chi connectivity index (χ4v) is 3.78. The van der Waals surface area contributed by atoms with Gasteiger partial charge in [0.15, 0.2) is 0 Å². The fraction of sp³-hybridized carbons (Fsp3) is 0.158. The van der Waals surface area contributed by atoms with E-state index < -0.39 is 0 Å². The van der Waals surface area contributed by atoms with Gasteiger partial charge in [-0.2, -0.15) is 5.10 Å². The second kappa shape index (κ2) is 7.68. The molecule has 0 spiro atoms. The van der Waals surface area contributed by atoms with Gasteiger partial charge in [-0.25, -0.2) is 5.43 Å². The highest BCUT2D eigenvalue weighted by Gasteiger charge is 2.16. The number of rotatable bonds is 5. The van der Waals surface area contributed by atoms with Crippen LogP contribution < -0.4 is 10.2 Å². The molecule has 25 heavy (non-hydrogen) atoms. The van der Waals surface area contributed by atoms with Crippen LogP contribution in [0.3, 0.4) is 0 Å². The number of hydrazone groups is 1. The summed E-state index contributed by atoms with van der Waals surface area (Å²) in [6, 6.07) is 15.2. The number of ether oxygens (including phenoxy) is 1. The first-order chi connectivity index (χ1) is 12.1. The highest BCUT2D eigenvalue weighted by atomic mass is 35.5. The van der Waals surface area contributed by atoms with Crippen LogP contribution in [0.1, 0.15) is 29.1 Å². The topological polar surface area (TPSA) is 50.7 Å². The molecule has 0 unspecified atom stereocenters. The molecule has 0 saturated carbocycles. The molecule has 0 aliphatic carbocycles. The molecular formula is C19H17ClN2O2S. The van der Waals surface area contributed by atoms with E-state index in [-0.39, 0.29) is 5.91 Å². The lowest BCUT2D eigenvalue weighted by atomic mass is 10.1. The molecule has 1 aromatic heterocycles. The van der Waals surface area contributed by atoms with Crippen molar-refractivity contribution in [2.45, 2.75) is 13.8 Å². The van der Waals surface area contributed by atoms with Gasteiger partial charge in [0.2, 0.25) is 0 Å². The third kappa shape index (κ3) is 3.83. The van der Waals surface area contributed by atoms with Crippen molar-refractivity contribution in [3.05, 3.63) is 64.0 Å². The average molecular weight is 373 g/mol. The molecule has 4 nitrogen and oxygen atoms in total. The first-order valence-corrected chi connectivity index (χ1v) is 9.04. The van der Waals surface area contributed by atoms with E-state index in [1.54, 1.807) is 0 Å². The molecular weight excluding hydrogens is 356 g/mol. The van der Waals surface area contributed by atoms with E-state index in [1.165, 1.54) is 11.3 Å². The predicted octanol–water partition coefficient (Wildman–Crippen LogP) is 5.11. The maximum Gasteiger partial charge on any atom is 0.283 e. The Balaban J connectivity index is 1.75. The Hall–Kier alpha value is -2.37. The van der Waals surface area contributed by atoms with Gasteiger partial charge in [0.25, 0.3) is 5.91 Å². The largest absolute Gasteiger partial charge is 0.494 e. The lowest BCUT2D eigenvalue weighted by molar-refractivity contribution is 0.0959. The Morgan fingerprint density at radius 1 is 1.20 bits per heavy atom. The number of thiophene rings is 1. The third-order valence-electron chi connectivity index (χ3n) is 3.65. The van der Waals surface area contributed by atoms with Crippen LogP contribution in [-0.2, 0) is 0 Å². The monoisotopic (exact) mass is 372 g/mol. The minimum atomic E-state index is -0.309. The maximum atomic E-state index is 12.4. The van der Waals surface area contributed by atoms with Crippen molar-refractivity contribution in [1.82, 2.24) is 5.43 Å². The second-order valence-corrected chi connectivity index (χ2v) is 6.77. The maximum absolute atomic E-state index is 12.4. The predicted molar refractivity (Wildman–Crippen MR) is 104 cm³/mol. The number of benzene rings is 2. The first kappa shape index (κ1) is 17.5. The van der Waals surface area contributed by atoms with Crippen LogP contribution in [-0.4, -0.2) is 18.2 Å². The SMILES string of the molecule is CCOc1ccc(/C(C)=N/NC(=O)c2sc3ccccc3c2Cl)cc1. The van der Waals surface area contributed by atoms with Gasteiger partial charge >= 0.3 is 0 Å². The summed E-state index contributed by atoms with van der Waals surface area (Å²) in [5.41, 5.74) is 4.19. The van der Waals surface area contributed by atoms with Crippen LogP contribution in [0.5, 0.6) is 5.75 Å². The average Bonchev–Trinajstić information content (AvgIpc) is 2.97. The van der Waals surface area contributed by atoms with Crippen LogP contribution >= 0.6 is 22.9 Å². The van der Waals surface area contributed by atoms with E-state index in [0.29, 0.717) is 22.2 Å². The van der Waals surface area contributed by atoms with Crippen molar-refractivity contribution < 1.29 is 9.53 Å². The number of fused-ring (bicyclic) bond motifs is 1. The molecule has 0 aliphatic rings. The molecule has 0 aliphatic heterocycles. The van der Waals surface area contributed by atoms with Gasteiger partial charge in [-0.1, -0.05) is 29.8 Å². The van der Waals surface area contributed by atoms with E-state index in [2.05, 4.69) is 10.5 Å². The van der Waals surface area contributed by atoms with Crippen LogP contribution in [0.2, 0.25) is 5.02 Å². The van der Waals surface area contributed by atoms with E-state index in [4.69, 9.17) is 16.3 Å². The van der Waals surface area contributed by atoms with Gasteiger partial charge < -0.3 is 4.74 Å². The first-order valence-electron chi connectivity index (χ1n) is 7.85. The molecule has 0 radical (unpaired) electrons. The van der Waals surface area contributed by atoms with Crippen LogP contribution in [0.4, 0.5) is 0 Å². The molecule has 6 heteroatoms. The second-order valence-electron chi connectivity index (χ2n) is 5.34. The third-order valence-corrected chi connectivity index (χ3v) is 5.32. The molecule has 1 N–H and O–H groups in total. The standard InChI is InChI=1S/C19H17ClN2O2S/c1-3-24-14-10-8-13(9-11-14)12(2)21-22-19(23)18-17(20)15-6-4-5-7-16(15)25-18/h4-11H,3H2,1-2H3,(H,22,23)/b21-12+. The molecule has 3 aromatic rings. The van der Waals surface area contributed by atoms with Crippen molar-refractivity contribution >= 4 is 44.6 Å². The van der Waals surface area contributed by atoms with Crippen LogP contribution in [0.25, 0.3) is 10.1 Å². The Bertz CT molecular complexity index is 932. The molecule has 1 amide bonds. The van der Waals surface area contributed by atoms with Gasteiger partial charge in [0.05, 0.1) is 17.3 Å². The number of carbonyl (C=O) groups is 1. The zero-order valence-corrected chi connectivity index (χ0v) is 15.4. The lowest BCUT2D eigenvalue weighted by Gasteiger charge is -2.05. The van der Waals surface area contributed by atoms with Gasteiger partial charge in [0, 0.05) is 10.1 Å². The van der Waals surface area contributed by atoms with Crippen molar-refractivity contribution in [2.24, 2.45) is 5.10 Å². The summed E-state index contributed by atoms with van der Waals surface area (Å²) in [5.74, 6) is 0.497. The quantitative estimate of drug-likeness (QED) is 0.500. The smallest absolute Gasteiger partial charge is 0.283 e. The van der Waals surface area contributed by atoms with Crippen molar-refractivity contribution in [2.75, 3.05) is 6.61 Å². The van der Waals surface area contributed by atoms with E-state index >= 15 is 0 Å². The van der Waals surface area contributed by atoms with Crippen molar-refractivity contribution in [3.63, 3.8) is 0 Å². The number of amides is 1. The summed E-state index contributed by atoms with van der Waals surface area (Å²) in [6.45, 7) is 4.40. The number of halogens is 1. The highest BCUT2D eigenvalue weighted by Crippen LogP contribution is 2.34. The Labute approximate surface area is 155 Å². The molecule has 0 bridgehead atoms. The summed E-state index contributed by atoms with van der Waals surface area (Å²) in [4.78, 5) is 12.9. The number of hydrogen-bond donors (Lipinski definition) is 1. The summed E-state index contributed by atoms with van der Waals surface area (Å²) in [5, 5.41) is 5.53. The number of hydrogen-bond acceptors (Lipinski definition) is 4. The molecule has 0 fully saturated rings. The minimum Gasteiger partial charge on any atom is -0.494 e. The van der Waals surface area contributed by atoms with Crippen LogP contribution in [0.15, 0.2) is 53.6 Å². The van der Waals surface area contributed by atoms with E-state index in [9.17, 15) is 4.79 Å². The van der Waals surface area contributed by atoms with Crippen molar-refractivity contribution in [3.8, 4) is 5.75 Å². The Morgan fingerprint density at radius 2 is 1.92 bits per heavy atom. The normalized spacial score (nSPS) is 11.6. The molecule has 1 heterocycles. The summed E-state index contributed by atoms with van der Waals surface area (Å²) in [7, 11) is 0. The summed E-state index contributed by atoms with van der Waals surface area (Å²) >= 11 is 7.68. The van der Waals surface area contributed by atoms with E-state index in [1.807, 2.05) is 62.4 Å². The minimum absolute atomic E-state index is 0.309. The fourth-order valence-electron chi connectivity index (χ4n) is 2.37. The molecule has 0 saturated heterocycles. The van der Waals surface area contributed by atoms with Gasteiger partial charge in [-0.15, -0.1) is 11.3 Å². The number of nitrogens with one attached hydrogen (secondary N) is 1. The molecule has 3 rings (SSSR count). The van der Waals surface area contributed by atoms with Gasteiger partial charge in [0.1, 0.15) is 10.6 Å². The van der Waals surface area contributed by atoms with Crippen LogP contribution in [0, 0.1) is 0 Å². The number of nitrogens with zero attached hydrogens (tertiary/aromatic N) is 1. The zero-order chi connectivity index (χ0) is 17.8. The molecule has 0 atom stereocenters. The lowest BCUT2D eigenvalue weighted by Crippen LogP contribution is -2.18. The Kier molecular flexibility index (Phi) is 5.36. The van der Waals surface area contributed by atoms with E-state index in [0.717, 1.165) is 21.4 Å². The zero-order valence-electron chi connectivity index (χ0n) is 13.9. The highest BCUT2D eigenvalue weighted by molar-refractivity contribution is 7.21. The summed E-state index contributed by atoms with van der Waals surface area (Å²) in [6.07, 6.45) is 0. The molecule has 2 aromatic carbocycles. The number of carbonyl (C=O) groups excluding carboxylic acids is 1. The van der Waals surface area contributed by atoms with Gasteiger partial charge in [-0.3, -0.25) is 4.79 Å².